The average Bonchev–Trinajstić information content (AvgIpc) is 2.34. The minimum atomic E-state index is -1.18. The number of rotatable bonds is 3. The molecule has 0 unspecified atom stereocenters. The predicted octanol–water partition coefficient (Wildman–Crippen LogP) is 3.57. The first kappa shape index (κ1) is 13.6. The number of ether oxygens (including phenoxy) is 1. The number of nitrogens with zero attached hydrogens (tertiary/aromatic N) is 1. The first-order valence-corrected chi connectivity index (χ1v) is 6.26. The average molecular weight is 344 g/mol. The summed E-state index contributed by atoms with van der Waals surface area (Å²) in [6.45, 7) is 0. The lowest BCUT2D eigenvalue weighted by molar-refractivity contribution is 0.0693. The molecule has 7 heteroatoms. The van der Waals surface area contributed by atoms with Crippen LogP contribution < -0.4 is 10.5 Å². The van der Waals surface area contributed by atoms with E-state index in [1.807, 2.05) is 0 Å². The van der Waals surface area contributed by atoms with E-state index in [9.17, 15) is 4.79 Å². The molecule has 0 atom stereocenters. The zero-order valence-electron chi connectivity index (χ0n) is 9.43. The summed E-state index contributed by atoms with van der Waals surface area (Å²) >= 11 is 9.25. The molecule has 0 aliphatic heterocycles. The van der Waals surface area contributed by atoms with Crippen molar-refractivity contribution < 1.29 is 14.6 Å². The summed E-state index contributed by atoms with van der Waals surface area (Å²) in [6.07, 6.45) is 1.31. The number of benzene rings is 1. The largest absolute Gasteiger partial charge is 0.477 e. The van der Waals surface area contributed by atoms with Crippen LogP contribution in [-0.2, 0) is 0 Å². The fourth-order valence-electron chi connectivity index (χ4n) is 1.37. The number of nitrogens with two attached hydrogens (primary N) is 1. The molecule has 3 N–H and O–H groups in total. The van der Waals surface area contributed by atoms with Gasteiger partial charge < -0.3 is 15.6 Å². The third-order valence-corrected chi connectivity index (χ3v) is 2.99. The number of hydrogen-bond donors (Lipinski definition) is 2. The molecule has 0 aliphatic rings. The molecule has 0 amide bonds. The quantitative estimate of drug-likeness (QED) is 0.890. The van der Waals surface area contributed by atoms with E-state index >= 15 is 0 Å². The smallest absolute Gasteiger partial charge is 0.341 e. The Morgan fingerprint density at radius 2 is 2.16 bits per heavy atom. The first-order chi connectivity index (χ1) is 8.97. The number of carbonyl (C=O) groups is 1. The highest BCUT2D eigenvalue weighted by Crippen LogP contribution is 2.32. The van der Waals surface area contributed by atoms with Crippen molar-refractivity contribution in [1.82, 2.24) is 4.98 Å². The molecule has 19 heavy (non-hydrogen) atoms. The van der Waals surface area contributed by atoms with Crippen molar-refractivity contribution in [3.8, 4) is 11.6 Å². The number of halogens is 2. The SMILES string of the molecule is Nc1cnc(Oc2ccc(Br)cc2Cl)c(C(=O)O)c1. The highest BCUT2D eigenvalue weighted by Gasteiger charge is 2.15. The van der Waals surface area contributed by atoms with E-state index in [1.165, 1.54) is 12.3 Å². The van der Waals surface area contributed by atoms with Gasteiger partial charge in [0.1, 0.15) is 11.3 Å². The molecule has 98 valence electrons. The lowest BCUT2D eigenvalue weighted by Crippen LogP contribution is -2.03. The van der Waals surface area contributed by atoms with Crippen molar-refractivity contribution in [1.29, 1.82) is 0 Å². The highest BCUT2D eigenvalue weighted by molar-refractivity contribution is 9.10. The van der Waals surface area contributed by atoms with Gasteiger partial charge in [-0.3, -0.25) is 0 Å². The molecule has 0 bridgehead atoms. The molecular formula is C12H8BrClN2O3. The van der Waals surface area contributed by atoms with E-state index in [-0.39, 0.29) is 17.1 Å². The second-order valence-corrected chi connectivity index (χ2v) is 4.93. The second-order valence-electron chi connectivity index (χ2n) is 3.60. The van der Waals surface area contributed by atoms with Gasteiger partial charge in [-0.2, -0.15) is 0 Å². The van der Waals surface area contributed by atoms with Crippen molar-refractivity contribution in [3.05, 3.63) is 45.5 Å². The lowest BCUT2D eigenvalue weighted by atomic mass is 10.2. The van der Waals surface area contributed by atoms with Gasteiger partial charge in [-0.05, 0) is 24.3 Å². The first-order valence-electron chi connectivity index (χ1n) is 5.09. The van der Waals surface area contributed by atoms with Crippen LogP contribution in [0.4, 0.5) is 5.69 Å². The summed E-state index contributed by atoms with van der Waals surface area (Å²) < 4.78 is 6.20. The summed E-state index contributed by atoms with van der Waals surface area (Å²) in [7, 11) is 0. The molecule has 0 radical (unpaired) electrons. The van der Waals surface area contributed by atoms with E-state index in [1.54, 1.807) is 18.2 Å². The van der Waals surface area contributed by atoms with Crippen LogP contribution in [0.2, 0.25) is 5.02 Å². The van der Waals surface area contributed by atoms with Crippen LogP contribution in [0.15, 0.2) is 34.9 Å². The minimum absolute atomic E-state index is 0.0640. The summed E-state index contributed by atoms with van der Waals surface area (Å²) in [5.41, 5.74) is 5.61. The number of hydrogen-bond acceptors (Lipinski definition) is 4. The third kappa shape index (κ3) is 3.15. The van der Waals surface area contributed by atoms with Gasteiger partial charge in [0.05, 0.1) is 16.9 Å². The number of aromatic nitrogens is 1. The maximum Gasteiger partial charge on any atom is 0.341 e. The molecular weight excluding hydrogens is 336 g/mol. The Bertz CT molecular complexity index is 649. The normalized spacial score (nSPS) is 10.2. The fourth-order valence-corrected chi connectivity index (χ4v) is 2.08. The Labute approximate surface area is 122 Å². The summed E-state index contributed by atoms with van der Waals surface area (Å²) in [4.78, 5) is 14.9. The van der Waals surface area contributed by atoms with Crippen LogP contribution in [-0.4, -0.2) is 16.1 Å². The van der Waals surface area contributed by atoms with Crippen LogP contribution >= 0.6 is 27.5 Å². The fraction of sp³-hybridized carbons (Fsp3) is 0. The number of carboxylic acid groups (broad SMARTS) is 1. The zero-order chi connectivity index (χ0) is 14.0. The van der Waals surface area contributed by atoms with Gasteiger partial charge in [0.15, 0.2) is 0 Å². The van der Waals surface area contributed by atoms with Crippen LogP contribution in [0.1, 0.15) is 10.4 Å². The number of anilines is 1. The number of pyridine rings is 1. The predicted molar refractivity (Wildman–Crippen MR) is 74.8 cm³/mol. The van der Waals surface area contributed by atoms with Crippen molar-refractivity contribution in [2.75, 3.05) is 5.73 Å². The molecule has 0 aliphatic carbocycles. The highest BCUT2D eigenvalue weighted by atomic mass is 79.9. The summed E-state index contributed by atoms with van der Waals surface area (Å²) in [5, 5.41) is 9.40. The summed E-state index contributed by atoms with van der Waals surface area (Å²) in [6, 6.07) is 6.24. The maximum absolute atomic E-state index is 11.1. The standard InChI is InChI=1S/C12H8BrClN2O3/c13-6-1-2-10(9(14)3-6)19-11-8(12(17)18)4-7(15)5-16-11/h1-5H,15H2,(H,17,18). The van der Waals surface area contributed by atoms with Crippen molar-refractivity contribution in [3.63, 3.8) is 0 Å². The van der Waals surface area contributed by atoms with Gasteiger partial charge in [0, 0.05) is 4.47 Å². The molecule has 0 fully saturated rings. The molecule has 1 heterocycles. The van der Waals surface area contributed by atoms with Crippen molar-refractivity contribution in [2.24, 2.45) is 0 Å². The van der Waals surface area contributed by atoms with E-state index in [4.69, 9.17) is 27.2 Å². The van der Waals surface area contributed by atoms with Crippen LogP contribution in [0.3, 0.4) is 0 Å². The van der Waals surface area contributed by atoms with Gasteiger partial charge in [-0.25, -0.2) is 9.78 Å². The minimum Gasteiger partial charge on any atom is -0.477 e. The van der Waals surface area contributed by atoms with E-state index in [2.05, 4.69) is 20.9 Å². The Balaban J connectivity index is 2.40. The molecule has 2 rings (SSSR count). The number of carboxylic acids is 1. The molecule has 1 aromatic carbocycles. The molecule has 0 saturated heterocycles. The van der Waals surface area contributed by atoms with Gasteiger partial charge in [0.2, 0.25) is 5.88 Å². The van der Waals surface area contributed by atoms with Gasteiger partial charge in [-0.1, -0.05) is 27.5 Å². The number of nitrogen functional groups attached to an aromatic ring is 1. The van der Waals surface area contributed by atoms with E-state index in [0.29, 0.717) is 10.8 Å². The zero-order valence-corrected chi connectivity index (χ0v) is 11.8. The topological polar surface area (TPSA) is 85.4 Å². The lowest BCUT2D eigenvalue weighted by Gasteiger charge is -2.09. The Kier molecular flexibility index (Phi) is 3.92. The van der Waals surface area contributed by atoms with Crippen LogP contribution in [0, 0.1) is 0 Å². The third-order valence-electron chi connectivity index (χ3n) is 2.20. The Hall–Kier alpha value is -1.79. The molecule has 5 nitrogen and oxygen atoms in total. The van der Waals surface area contributed by atoms with Crippen LogP contribution in [0.25, 0.3) is 0 Å². The van der Waals surface area contributed by atoms with Crippen molar-refractivity contribution >= 4 is 39.2 Å². The molecule has 0 saturated carbocycles. The van der Waals surface area contributed by atoms with Gasteiger partial charge in [-0.15, -0.1) is 0 Å². The Morgan fingerprint density at radius 3 is 2.79 bits per heavy atom. The Morgan fingerprint density at radius 1 is 1.42 bits per heavy atom. The van der Waals surface area contributed by atoms with E-state index in [0.717, 1.165) is 4.47 Å². The van der Waals surface area contributed by atoms with Crippen LogP contribution in [0.5, 0.6) is 11.6 Å². The molecule has 2 aromatic rings. The van der Waals surface area contributed by atoms with Gasteiger partial charge >= 0.3 is 5.97 Å². The van der Waals surface area contributed by atoms with Crippen molar-refractivity contribution in [2.45, 2.75) is 0 Å². The van der Waals surface area contributed by atoms with Gasteiger partial charge in [0.25, 0.3) is 0 Å². The summed E-state index contributed by atoms with van der Waals surface area (Å²) in [5.74, 6) is -0.932. The monoisotopic (exact) mass is 342 g/mol. The second kappa shape index (κ2) is 5.46. The maximum atomic E-state index is 11.1. The molecule has 1 aromatic heterocycles. The number of aromatic carboxylic acids is 1. The van der Waals surface area contributed by atoms with E-state index < -0.39 is 5.97 Å². The molecule has 0 spiro atoms.